The monoisotopic (exact) mass is 333 g/mol. The average Bonchev–Trinajstić information content (AvgIpc) is 2.58. The third-order valence-electron chi connectivity index (χ3n) is 3.51. The number of carbonyl (C=O) groups is 1. The van der Waals surface area contributed by atoms with E-state index in [1.165, 1.54) is 7.11 Å². The van der Waals surface area contributed by atoms with E-state index in [0.717, 1.165) is 11.2 Å². The van der Waals surface area contributed by atoms with E-state index in [9.17, 15) is 4.79 Å². The number of rotatable bonds is 7. The molecule has 0 aliphatic carbocycles. The predicted octanol–water partition coefficient (Wildman–Crippen LogP) is 1.93. The maximum atomic E-state index is 11.8. The Kier molecular flexibility index (Phi) is 5.56. The molecule has 2 N–H and O–H groups in total. The molecule has 0 aliphatic rings. The fourth-order valence-corrected chi connectivity index (χ4v) is 2.30. The van der Waals surface area contributed by atoms with Crippen molar-refractivity contribution < 1.29 is 19.4 Å². The van der Waals surface area contributed by atoms with Crippen molar-refractivity contribution in [1.82, 2.24) is 9.97 Å². The lowest BCUT2D eigenvalue weighted by Gasteiger charge is -2.24. The summed E-state index contributed by atoms with van der Waals surface area (Å²) in [6.07, 6.45) is 0.681. The number of methoxy groups -OCH3 is 1. The second-order valence-corrected chi connectivity index (χ2v) is 5.84. The van der Waals surface area contributed by atoms with Gasteiger partial charge in [0.05, 0.1) is 24.6 Å². The first-order valence-electron chi connectivity index (χ1n) is 7.82. The molecule has 0 aliphatic heterocycles. The van der Waals surface area contributed by atoms with E-state index in [4.69, 9.17) is 14.6 Å². The molecule has 0 bridgehead atoms. The van der Waals surface area contributed by atoms with Crippen molar-refractivity contribution >= 4 is 22.6 Å². The average molecular weight is 333 g/mol. The van der Waals surface area contributed by atoms with Crippen LogP contribution in [-0.4, -0.2) is 46.9 Å². The summed E-state index contributed by atoms with van der Waals surface area (Å²) >= 11 is 0. The van der Waals surface area contributed by atoms with Gasteiger partial charge < -0.3 is 19.9 Å². The maximum Gasteiger partial charge on any atom is 0.330 e. The van der Waals surface area contributed by atoms with Gasteiger partial charge in [0, 0.05) is 12.1 Å². The summed E-state index contributed by atoms with van der Waals surface area (Å²) in [5.41, 5.74) is 0.592. The van der Waals surface area contributed by atoms with Crippen LogP contribution in [0.15, 0.2) is 18.2 Å². The van der Waals surface area contributed by atoms with Crippen LogP contribution in [0.3, 0.4) is 0 Å². The van der Waals surface area contributed by atoms with E-state index in [2.05, 4.69) is 15.3 Å². The fourth-order valence-electron chi connectivity index (χ4n) is 2.30. The van der Waals surface area contributed by atoms with E-state index >= 15 is 0 Å². The highest BCUT2D eigenvalue weighted by Gasteiger charge is 2.28. The molecule has 0 saturated heterocycles. The van der Waals surface area contributed by atoms with Crippen LogP contribution in [0.1, 0.15) is 26.6 Å². The number of esters is 1. The molecule has 7 nitrogen and oxygen atoms in total. The third-order valence-corrected chi connectivity index (χ3v) is 3.51. The van der Waals surface area contributed by atoms with E-state index in [1.807, 2.05) is 25.1 Å². The predicted molar refractivity (Wildman–Crippen MR) is 91.2 cm³/mol. The number of aliphatic hydroxyl groups is 1. The first-order chi connectivity index (χ1) is 11.4. The van der Waals surface area contributed by atoms with Gasteiger partial charge in [0.15, 0.2) is 0 Å². The van der Waals surface area contributed by atoms with Crippen LogP contribution in [0.4, 0.5) is 5.69 Å². The van der Waals surface area contributed by atoms with E-state index in [0.29, 0.717) is 23.5 Å². The molecule has 0 unspecified atom stereocenters. The molecule has 2 rings (SSSR count). The van der Waals surface area contributed by atoms with Gasteiger partial charge in [-0.25, -0.2) is 9.78 Å². The SMILES string of the molecule is CCc1nc(OCCO)c2cc(NC(C)(C)C(=O)OC)ccc2n1. The first kappa shape index (κ1) is 17.9. The summed E-state index contributed by atoms with van der Waals surface area (Å²) in [6.45, 7) is 5.50. The highest BCUT2D eigenvalue weighted by atomic mass is 16.5. The maximum absolute atomic E-state index is 11.8. The van der Waals surface area contributed by atoms with Crippen molar-refractivity contribution in [1.29, 1.82) is 0 Å². The fraction of sp³-hybridized carbons (Fsp3) is 0.471. The summed E-state index contributed by atoms with van der Waals surface area (Å²) < 4.78 is 10.3. The molecular formula is C17H23N3O4. The van der Waals surface area contributed by atoms with Crippen LogP contribution in [0.2, 0.25) is 0 Å². The number of ether oxygens (including phenoxy) is 2. The number of benzene rings is 1. The van der Waals surface area contributed by atoms with Gasteiger partial charge in [0.1, 0.15) is 18.0 Å². The molecule has 1 aromatic heterocycles. The molecule has 2 aromatic rings. The number of nitrogens with one attached hydrogen (secondary N) is 1. The van der Waals surface area contributed by atoms with Crippen LogP contribution in [0.5, 0.6) is 5.88 Å². The van der Waals surface area contributed by atoms with Gasteiger partial charge >= 0.3 is 5.97 Å². The Balaban J connectivity index is 2.43. The second kappa shape index (κ2) is 7.44. The number of hydrogen-bond acceptors (Lipinski definition) is 7. The number of aliphatic hydroxyl groups excluding tert-OH is 1. The Morgan fingerprint density at radius 3 is 2.71 bits per heavy atom. The van der Waals surface area contributed by atoms with Gasteiger partial charge in [-0.1, -0.05) is 6.92 Å². The topological polar surface area (TPSA) is 93.6 Å². The number of carbonyl (C=O) groups excluding carboxylic acids is 1. The van der Waals surface area contributed by atoms with E-state index < -0.39 is 5.54 Å². The van der Waals surface area contributed by atoms with Gasteiger partial charge in [-0.05, 0) is 32.0 Å². The lowest BCUT2D eigenvalue weighted by molar-refractivity contribution is -0.144. The molecular weight excluding hydrogens is 310 g/mol. The van der Waals surface area contributed by atoms with Crippen LogP contribution >= 0.6 is 0 Å². The first-order valence-corrected chi connectivity index (χ1v) is 7.82. The van der Waals surface area contributed by atoms with Crippen molar-refractivity contribution in [2.45, 2.75) is 32.7 Å². The quantitative estimate of drug-likeness (QED) is 0.748. The Bertz CT molecular complexity index is 731. The van der Waals surface area contributed by atoms with Crippen LogP contribution in [0, 0.1) is 0 Å². The number of nitrogens with zero attached hydrogens (tertiary/aromatic N) is 2. The Morgan fingerprint density at radius 2 is 2.08 bits per heavy atom. The smallest absolute Gasteiger partial charge is 0.330 e. The van der Waals surface area contributed by atoms with Crippen LogP contribution in [-0.2, 0) is 16.0 Å². The summed E-state index contributed by atoms with van der Waals surface area (Å²) in [4.78, 5) is 20.7. The molecule has 0 spiro atoms. The molecule has 24 heavy (non-hydrogen) atoms. The lowest BCUT2D eigenvalue weighted by atomic mass is 10.1. The Hall–Kier alpha value is -2.41. The van der Waals surface area contributed by atoms with Crippen LogP contribution in [0.25, 0.3) is 10.9 Å². The summed E-state index contributed by atoms with van der Waals surface area (Å²) in [6, 6.07) is 5.51. The summed E-state index contributed by atoms with van der Waals surface area (Å²) in [5, 5.41) is 12.8. The minimum atomic E-state index is -0.876. The normalized spacial score (nSPS) is 11.4. The third kappa shape index (κ3) is 3.91. The molecule has 0 atom stereocenters. The van der Waals surface area contributed by atoms with E-state index in [-0.39, 0.29) is 19.2 Å². The zero-order chi connectivity index (χ0) is 17.7. The standard InChI is InChI=1S/C17H23N3O4/c1-5-14-18-13-7-6-11(20-17(2,3)16(22)23-4)10-12(13)15(19-14)24-9-8-21/h6-7,10,20-21H,5,8-9H2,1-4H3. The van der Waals surface area contributed by atoms with Gasteiger partial charge in [-0.15, -0.1) is 0 Å². The number of fused-ring (bicyclic) bond motifs is 1. The van der Waals surface area contributed by atoms with Crippen molar-refractivity contribution in [2.24, 2.45) is 0 Å². The lowest BCUT2D eigenvalue weighted by Crippen LogP contribution is -2.41. The van der Waals surface area contributed by atoms with E-state index in [1.54, 1.807) is 13.8 Å². The molecule has 0 saturated carbocycles. The number of aryl methyl sites for hydroxylation is 1. The summed E-state index contributed by atoms with van der Waals surface area (Å²) in [5.74, 6) is 0.730. The van der Waals surface area contributed by atoms with Crippen molar-refractivity contribution in [2.75, 3.05) is 25.6 Å². The number of hydrogen-bond donors (Lipinski definition) is 2. The molecule has 7 heteroatoms. The minimum Gasteiger partial charge on any atom is -0.475 e. The largest absolute Gasteiger partial charge is 0.475 e. The zero-order valence-electron chi connectivity index (χ0n) is 14.4. The zero-order valence-corrected chi connectivity index (χ0v) is 14.4. The Labute approximate surface area is 141 Å². The van der Waals surface area contributed by atoms with Crippen molar-refractivity contribution in [3.63, 3.8) is 0 Å². The number of anilines is 1. The molecule has 0 amide bonds. The Morgan fingerprint density at radius 1 is 1.33 bits per heavy atom. The molecule has 0 radical (unpaired) electrons. The highest BCUT2D eigenvalue weighted by Crippen LogP contribution is 2.27. The second-order valence-electron chi connectivity index (χ2n) is 5.84. The van der Waals surface area contributed by atoms with Gasteiger partial charge in [0.25, 0.3) is 0 Å². The summed E-state index contributed by atoms with van der Waals surface area (Å²) in [7, 11) is 1.35. The molecule has 0 fully saturated rings. The van der Waals surface area contributed by atoms with Crippen molar-refractivity contribution in [3.05, 3.63) is 24.0 Å². The highest BCUT2D eigenvalue weighted by molar-refractivity contribution is 5.89. The van der Waals surface area contributed by atoms with Gasteiger partial charge in [0.2, 0.25) is 5.88 Å². The van der Waals surface area contributed by atoms with Gasteiger partial charge in [-0.3, -0.25) is 0 Å². The molecule has 1 aromatic carbocycles. The van der Waals surface area contributed by atoms with Crippen molar-refractivity contribution in [3.8, 4) is 5.88 Å². The van der Waals surface area contributed by atoms with Crippen LogP contribution < -0.4 is 10.1 Å². The minimum absolute atomic E-state index is 0.0970. The molecule has 1 heterocycles. The van der Waals surface area contributed by atoms with Gasteiger partial charge in [-0.2, -0.15) is 4.98 Å². The number of aromatic nitrogens is 2. The molecule has 130 valence electrons.